The van der Waals surface area contributed by atoms with Crippen LogP contribution in [0.3, 0.4) is 0 Å². The number of hydrogen-bond acceptors (Lipinski definition) is 4. The zero-order valence-corrected chi connectivity index (χ0v) is 16.1. The van der Waals surface area contributed by atoms with Crippen LogP contribution in [0.5, 0.6) is 5.75 Å². The highest BCUT2D eigenvalue weighted by molar-refractivity contribution is 6.35. The van der Waals surface area contributed by atoms with Crippen LogP contribution < -0.4 is 4.74 Å². The van der Waals surface area contributed by atoms with E-state index in [0.717, 1.165) is 31.5 Å². The first-order valence-electron chi connectivity index (χ1n) is 8.64. The van der Waals surface area contributed by atoms with E-state index in [0.29, 0.717) is 21.4 Å². The summed E-state index contributed by atoms with van der Waals surface area (Å²) in [5, 5.41) is 0.815. The third-order valence-electron chi connectivity index (χ3n) is 4.23. The molecule has 0 unspecified atom stereocenters. The van der Waals surface area contributed by atoms with Gasteiger partial charge in [0.2, 0.25) is 0 Å². The second-order valence-corrected chi connectivity index (χ2v) is 7.06. The Morgan fingerprint density at radius 2 is 1.70 bits per heavy atom. The number of amides is 1. The van der Waals surface area contributed by atoms with Gasteiger partial charge >= 0.3 is 5.97 Å². The molecule has 0 saturated carbocycles. The van der Waals surface area contributed by atoms with Crippen molar-refractivity contribution in [2.75, 3.05) is 19.7 Å². The predicted octanol–water partition coefficient (Wildman–Crippen LogP) is 4.35. The Kier molecular flexibility index (Phi) is 6.58. The van der Waals surface area contributed by atoms with E-state index in [1.54, 1.807) is 36.4 Å². The van der Waals surface area contributed by atoms with Gasteiger partial charge in [-0.3, -0.25) is 4.79 Å². The Balaban J connectivity index is 1.46. The van der Waals surface area contributed by atoms with Gasteiger partial charge in [-0.05, 0) is 48.7 Å². The molecule has 0 bridgehead atoms. The summed E-state index contributed by atoms with van der Waals surface area (Å²) in [4.78, 5) is 26.0. The summed E-state index contributed by atoms with van der Waals surface area (Å²) in [6, 6.07) is 11.8. The van der Waals surface area contributed by atoms with Crippen molar-refractivity contribution in [3.8, 4) is 5.75 Å². The van der Waals surface area contributed by atoms with E-state index in [1.165, 1.54) is 6.07 Å². The number of halogens is 2. The summed E-state index contributed by atoms with van der Waals surface area (Å²) >= 11 is 11.8. The van der Waals surface area contributed by atoms with Crippen LogP contribution in [0.25, 0.3) is 0 Å². The molecular weight excluding hydrogens is 389 g/mol. The van der Waals surface area contributed by atoms with E-state index in [9.17, 15) is 9.59 Å². The highest BCUT2D eigenvalue weighted by atomic mass is 35.5. The normalized spacial score (nSPS) is 13.5. The van der Waals surface area contributed by atoms with Gasteiger partial charge in [0.05, 0.1) is 5.02 Å². The van der Waals surface area contributed by atoms with Crippen LogP contribution in [0.2, 0.25) is 10.0 Å². The third-order valence-corrected chi connectivity index (χ3v) is 4.76. The fraction of sp³-hybridized carbons (Fsp3) is 0.300. The van der Waals surface area contributed by atoms with Crippen LogP contribution in [-0.4, -0.2) is 36.5 Å². The molecule has 142 valence electrons. The second-order valence-electron chi connectivity index (χ2n) is 6.22. The molecule has 7 heteroatoms. The molecule has 2 aromatic carbocycles. The Labute approximate surface area is 167 Å². The number of carbonyl (C=O) groups excluding carboxylic acids is 2. The van der Waals surface area contributed by atoms with E-state index in [2.05, 4.69) is 0 Å². The summed E-state index contributed by atoms with van der Waals surface area (Å²) in [5.74, 6) is -0.106. The lowest BCUT2D eigenvalue weighted by atomic mass is 10.1. The Bertz CT molecular complexity index is 817. The summed E-state index contributed by atoms with van der Waals surface area (Å²) in [5.41, 5.74) is 1.44. The van der Waals surface area contributed by atoms with Crippen molar-refractivity contribution in [1.29, 1.82) is 0 Å². The van der Waals surface area contributed by atoms with E-state index in [1.807, 2.05) is 4.90 Å². The van der Waals surface area contributed by atoms with Gasteiger partial charge in [0.15, 0.2) is 6.61 Å². The highest BCUT2D eigenvalue weighted by Gasteiger charge is 2.19. The number of ether oxygens (including phenoxy) is 2. The monoisotopic (exact) mass is 407 g/mol. The molecule has 1 aliphatic heterocycles. The van der Waals surface area contributed by atoms with Crippen molar-refractivity contribution in [3.05, 3.63) is 63.6 Å². The van der Waals surface area contributed by atoms with E-state index in [4.69, 9.17) is 32.7 Å². The van der Waals surface area contributed by atoms with Gasteiger partial charge in [-0.2, -0.15) is 0 Å². The van der Waals surface area contributed by atoms with Gasteiger partial charge < -0.3 is 14.4 Å². The lowest BCUT2D eigenvalue weighted by Gasteiger charge is -2.15. The fourth-order valence-electron chi connectivity index (χ4n) is 2.78. The topological polar surface area (TPSA) is 55.8 Å². The van der Waals surface area contributed by atoms with Crippen LogP contribution in [0.1, 0.15) is 28.8 Å². The number of benzene rings is 2. The van der Waals surface area contributed by atoms with Crippen molar-refractivity contribution < 1.29 is 19.1 Å². The van der Waals surface area contributed by atoms with Crippen LogP contribution in [0.15, 0.2) is 42.5 Å². The fourth-order valence-corrected chi connectivity index (χ4v) is 3.24. The maximum absolute atomic E-state index is 12.3. The predicted molar refractivity (Wildman–Crippen MR) is 103 cm³/mol. The Hall–Kier alpha value is -2.24. The molecule has 1 aliphatic rings. The van der Waals surface area contributed by atoms with E-state index < -0.39 is 5.97 Å². The van der Waals surface area contributed by atoms with Crippen molar-refractivity contribution in [1.82, 2.24) is 4.90 Å². The van der Waals surface area contributed by atoms with Crippen LogP contribution >= 0.6 is 23.2 Å². The van der Waals surface area contributed by atoms with Gasteiger partial charge in [-0.1, -0.05) is 35.3 Å². The number of esters is 1. The van der Waals surface area contributed by atoms with Gasteiger partial charge in [-0.15, -0.1) is 0 Å². The molecule has 0 atom stereocenters. The number of carbonyl (C=O) groups is 2. The largest absolute Gasteiger partial charge is 0.480 e. The molecule has 0 N–H and O–H groups in total. The molecule has 0 aromatic heterocycles. The van der Waals surface area contributed by atoms with Gasteiger partial charge in [0, 0.05) is 23.7 Å². The van der Waals surface area contributed by atoms with Crippen LogP contribution in [-0.2, 0) is 16.1 Å². The molecule has 3 rings (SSSR count). The van der Waals surface area contributed by atoms with E-state index in [-0.39, 0.29) is 19.1 Å². The average molecular weight is 408 g/mol. The van der Waals surface area contributed by atoms with Crippen LogP contribution in [0.4, 0.5) is 0 Å². The number of rotatable bonds is 6. The van der Waals surface area contributed by atoms with Crippen molar-refractivity contribution >= 4 is 35.1 Å². The molecule has 27 heavy (non-hydrogen) atoms. The van der Waals surface area contributed by atoms with Crippen molar-refractivity contribution in [3.63, 3.8) is 0 Å². The summed E-state index contributed by atoms with van der Waals surface area (Å²) in [7, 11) is 0. The first kappa shape index (κ1) is 19.5. The van der Waals surface area contributed by atoms with E-state index >= 15 is 0 Å². The minimum absolute atomic E-state index is 0.0456. The molecule has 0 aliphatic carbocycles. The Morgan fingerprint density at radius 3 is 2.37 bits per heavy atom. The molecule has 5 nitrogen and oxygen atoms in total. The maximum atomic E-state index is 12.3. The molecular formula is C20H19Cl2NO4. The van der Waals surface area contributed by atoms with Gasteiger partial charge in [0.1, 0.15) is 12.4 Å². The summed E-state index contributed by atoms with van der Waals surface area (Å²) in [6.45, 7) is 1.48. The molecule has 1 saturated heterocycles. The number of nitrogens with zero attached hydrogens (tertiary/aromatic N) is 1. The molecule has 1 fully saturated rings. The minimum atomic E-state index is -0.516. The standard InChI is InChI=1S/C20H19Cl2NO4/c21-16-7-8-18(17(22)11-16)26-13-19(24)27-12-14-3-5-15(6-4-14)20(25)23-9-1-2-10-23/h3-8,11H,1-2,9-10,12-13H2. The number of hydrogen-bond donors (Lipinski definition) is 0. The second kappa shape index (κ2) is 9.11. The van der Waals surface area contributed by atoms with Crippen molar-refractivity contribution in [2.24, 2.45) is 0 Å². The SMILES string of the molecule is O=C(COc1ccc(Cl)cc1Cl)OCc1ccc(C(=O)N2CCCC2)cc1. The molecule has 1 amide bonds. The average Bonchev–Trinajstić information content (AvgIpc) is 3.20. The quantitative estimate of drug-likeness (QED) is 0.667. The maximum Gasteiger partial charge on any atom is 0.344 e. The van der Waals surface area contributed by atoms with Gasteiger partial charge in [-0.25, -0.2) is 4.79 Å². The lowest BCUT2D eigenvalue weighted by molar-refractivity contribution is -0.147. The molecule has 0 spiro atoms. The molecule has 1 heterocycles. The number of likely N-dealkylation sites (tertiary alicyclic amines) is 1. The highest BCUT2D eigenvalue weighted by Crippen LogP contribution is 2.27. The lowest BCUT2D eigenvalue weighted by Crippen LogP contribution is -2.27. The van der Waals surface area contributed by atoms with Gasteiger partial charge in [0.25, 0.3) is 5.91 Å². The minimum Gasteiger partial charge on any atom is -0.480 e. The zero-order valence-electron chi connectivity index (χ0n) is 14.6. The first-order chi connectivity index (χ1) is 13.0. The first-order valence-corrected chi connectivity index (χ1v) is 9.40. The molecule has 2 aromatic rings. The Morgan fingerprint density at radius 1 is 1.00 bits per heavy atom. The summed E-state index contributed by atoms with van der Waals surface area (Å²) < 4.78 is 10.5. The zero-order chi connectivity index (χ0) is 19.2. The smallest absolute Gasteiger partial charge is 0.344 e. The van der Waals surface area contributed by atoms with Crippen LogP contribution in [0, 0.1) is 0 Å². The summed E-state index contributed by atoms with van der Waals surface area (Å²) in [6.07, 6.45) is 2.12. The third kappa shape index (κ3) is 5.37. The van der Waals surface area contributed by atoms with Crippen molar-refractivity contribution in [2.45, 2.75) is 19.4 Å². The molecule has 0 radical (unpaired) electrons.